The largest absolute Gasteiger partial charge is 0.385 e. The van der Waals surface area contributed by atoms with Gasteiger partial charge in [-0.15, -0.1) is 5.10 Å². The quantitative estimate of drug-likeness (QED) is 0.219. The number of anilines is 4. The summed E-state index contributed by atoms with van der Waals surface area (Å²) >= 11 is 6.40. The fourth-order valence-corrected chi connectivity index (χ4v) is 10.2. The summed E-state index contributed by atoms with van der Waals surface area (Å²) in [7, 11) is 1.72. The third-order valence-corrected chi connectivity index (χ3v) is 13.7. The van der Waals surface area contributed by atoms with Crippen LogP contribution >= 0.6 is 11.6 Å². The van der Waals surface area contributed by atoms with Gasteiger partial charge in [-0.3, -0.25) is 34.4 Å². The van der Waals surface area contributed by atoms with E-state index in [1.54, 1.807) is 41.1 Å². The average Bonchev–Trinajstić information content (AvgIpc) is 3.86. The van der Waals surface area contributed by atoms with Crippen LogP contribution in [0.3, 0.4) is 0 Å². The number of piperidine rings is 3. The van der Waals surface area contributed by atoms with E-state index in [1.165, 1.54) is 27.7 Å². The van der Waals surface area contributed by atoms with Gasteiger partial charge < -0.3 is 20.9 Å². The van der Waals surface area contributed by atoms with Crippen LogP contribution in [-0.4, -0.2) is 124 Å². The lowest BCUT2D eigenvalue weighted by Gasteiger charge is -2.51. The lowest BCUT2D eigenvalue weighted by molar-refractivity contribution is -0.139. The van der Waals surface area contributed by atoms with Crippen LogP contribution in [0.2, 0.25) is 5.02 Å². The Balaban J connectivity index is 0.811. The number of alkyl halides is 2. The summed E-state index contributed by atoms with van der Waals surface area (Å²) in [5.41, 5.74) is 9.58. The molecule has 1 atom stereocenters. The molecule has 4 aromatic rings. The lowest BCUT2D eigenvalue weighted by atomic mass is 9.70. The summed E-state index contributed by atoms with van der Waals surface area (Å²) in [5.74, 6) is -4.21. The Bertz CT molecular complexity index is 2430. The molecular weight excluding hydrogens is 815 g/mol. The van der Waals surface area contributed by atoms with Crippen LogP contribution < -0.4 is 26.2 Å². The first kappa shape index (κ1) is 40.9. The van der Waals surface area contributed by atoms with Crippen LogP contribution in [0.15, 0.2) is 42.6 Å². The minimum absolute atomic E-state index is 0.0305. The van der Waals surface area contributed by atoms with Gasteiger partial charge in [0.25, 0.3) is 17.7 Å². The highest BCUT2D eigenvalue weighted by Crippen LogP contribution is 2.45. The summed E-state index contributed by atoms with van der Waals surface area (Å²) in [6.07, 6.45) is 5.42. The number of amides is 5. The van der Waals surface area contributed by atoms with Gasteiger partial charge in [-0.05, 0) is 98.5 Å². The number of hydrogen-bond acceptors (Lipinski definition) is 10. The molecule has 9 rings (SSSR count). The van der Waals surface area contributed by atoms with Gasteiger partial charge in [0.1, 0.15) is 11.5 Å². The van der Waals surface area contributed by atoms with E-state index in [1.807, 2.05) is 9.80 Å². The molecule has 0 bridgehead atoms. The van der Waals surface area contributed by atoms with Crippen LogP contribution in [0, 0.1) is 11.2 Å². The number of nitrogens with zero attached hydrogens (tertiary/aromatic N) is 8. The molecule has 1 unspecified atom stereocenters. The molecule has 5 aliphatic heterocycles. The molecule has 4 N–H and O–H groups in total. The highest BCUT2D eigenvalue weighted by molar-refractivity contribution is 6.34. The van der Waals surface area contributed by atoms with E-state index in [4.69, 9.17) is 17.3 Å². The topological polar surface area (TPSA) is 165 Å². The minimum Gasteiger partial charge on any atom is -0.385 e. The first-order valence-electron chi connectivity index (χ1n) is 20.7. The maximum Gasteiger partial charge on any atom is 0.328 e. The van der Waals surface area contributed by atoms with Crippen LogP contribution in [0.5, 0.6) is 0 Å². The molecule has 15 nitrogen and oxygen atoms in total. The van der Waals surface area contributed by atoms with Crippen molar-refractivity contribution in [3.8, 4) is 0 Å². The van der Waals surface area contributed by atoms with E-state index < -0.39 is 36.3 Å². The van der Waals surface area contributed by atoms with Gasteiger partial charge in [0, 0.05) is 70.1 Å². The van der Waals surface area contributed by atoms with E-state index in [-0.39, 0.29) is 48.9 Å². The predicted octanol–water partition coefficient (Wildman–Crippen LogP) is 5.03. The molecular formula is C42H47ClF3N11O4. The molecule has 7 heterocycles. The number of nitrogens with two attached hydrogens (primary N) is 1. The molecule has 0 aliphatic carbocycles. The number of hydrogen-bond donors (Lipinski definition) is 3. The highest BCUT2D eigenvalue weighted by atomic mass is 35.5. The normalized spacial score (nSPS) is 21.9. The molecule has 2 aromatic carbocycles. The Morgan fingerprint density at radius 2 is 1.69 bits per heavy atom. The molecule has 5 amide bonds. The maximum absolute atomic E-state index is 16.1. The third-order valence-electron chi connectivity index (χ3n) is 13.4. The number of benzene rings is 2. The molecule has 2 aromatic heterocycles. The summed E-state index contributed by atoms with van der Waals surface area (Å²) in [4.78, 5) is 62.8. The number of carbonyl (C=O) groups excluding carboxylic acids is 4. The molecule has 19 heteroatoms. The summed E-state index contributed by atoms with van der Waals surface area (Å²) < 4.78 is 48.9. The van der Waals surface area contributed by atoms with Crippen LogP contribution in [-0.2, 0) is 17.8 Å². The van der Waals surface area contributed by atoms with Gasteiger partial charge in [0.05, 0.1) is 35.2 Å². The van der Waals surface area contributed by atoms with E-state index in [2.05, 4.69) is 20.7 Å². The summed E-state index contributed by atoms with van der Waals surface area (Å²) in [6.45, 7) is 3.02. The molecule has 61 heavy (non-hydrogen) atoms. The second kappa shape index (κ2) is 15.8. The van der Waals surface area contributed by atoms with Gasteiger partial charge in [-0.25, -0.2) is 27.5 Å². The number of imidazole rings is 1. The Hall–Kier alpha value is -5.46. The zero-order valence-corrected chi connectivity index (χ0v) is 34.5. The number of rotatable bonds is 8. The minimum atomic E-state index is -2.98. The maximum atomic E-state index is 16.1. The number of fused-ring (bicyclic) bond motifs is 2. The number of likely N-dealkylation sites (tertiary alicyclic amines) is 3. The molecule has 1 spiro atoms. The number of primary amides is 1. The van der Waals surface area contributed by atoms with Crippen LogP contribution in [0.25, 0.3) is 5.65 Å². The van der Waals surface area contributed by atoms with Gasteiger partial charge in [0.15, 0.2) is 11.5 Å². The number of urea groups is 1. The Kier molecular flexibility index (Phi) is 10.6. The van der Waals surface area contributed by atoms with E-state index >= 15 is 13.2 Å². The van der Waals surface area contributed by atoms with Crippen LogP contribution in [0.4, 0.5) is 40.8 Å². The molecule has 322 valence electrons. The fourth-order valence-electron chi connectivity index (χ4n) is 10.0. The van der Waals surface area contributed by atoms with E-state index in [0.717, 1.165) is 31.2 Å². The van der Waals surface area contributed by atoms with Gasteiger partial charge in [0.2, 0.25) is 5.91 Å². The molecule has 4 fully saturated rings. The number of imide groups is 1. The monoisotopic (exact) mass is 861 g/mol. The fraction of sp³-hybridized carbons (Fsp3) is 0.476. The van der Waals surface area contributed by atoms with Crippen molar-refractivity contribution in [1.29, 1.82) is 0 Å². The molecule has 0 radical (unpaired) electrons. The standard InChI is InChI=1S/C42H47ClF3N11O4/c1-48-30-21-35(51-57-33(37(47)59)22-49-38(30)57)55-12-4-28-26(18-27(44)20-31(28)55)23-52-11-5-34(42(45,46)24-52)53-14-7-41(8-15-53)9-16-54(17-10-41)39(60)25-2-3-29(43)32(19-25)56-13-6-36(58)50-40(56)61/h2-3,18-22,34,48H,4-17,23-24H2,1H3,(H2,47,59)(H,50,58,61). The number of nitrogens with one attached hydrogen (secondary N) is 2. The zero-order chi connectivity index (χ0) is 42.8. The first-order valence-corrected chi connectivity index (χ1v) is 21.1. The van der Waals surface area contributed by atoms with Gasteiger partial charge >= 0.3 is 6.03 Å². The Morgan fingerprint density at radius 3 is 2.39 bits per heavy atom. The van der Waals surface area contributed by atoms with Crippen molar-refractivity contribution < 1.29 is 32.3 Å². The molecule has 0 saturated carbocycles. The summed E-state index contributed by atoms with van der Waals surface area (Å²) in [5, 5.41) is 10.3. The van der Waals surface area contributed by atoms with Crippen molar-refractivity contribution in [2.75, 3.05) is 74.5 Å². The van der Waals surface area contributed by atoms with Gasteiger partial charge in [-0.2, -0.15) is 0 Å². The lowest BCUT2D eigenvalue weighted by Crippen LogP contribution is -2.60. The SMILES string of the molecule is CNc1cc(N2CCc3c(CN4CCC(N5CCC6(CCN(C(=O)c7ccc(Cl)c(N8CCC(=O)NC8=O)c7)CC6)CC5)C(F)(F)C4)cc(F)cc32)nn2c(C(N)=O)cnc12. The second-order valence-electron chi connectivity index (χ2n) is 16.9. The third kappa shape index (κ3) is 7.62. The second-order valence-corrected chi connectivity index (χ2v) is 17.3. The Labute approximate surface area is 354 Å². The van der Waals surface area contributed by atoms with Crippen molar-refractivity contribution in [2.24, 2.45) is 11.1 Å². The van der Waals surface area contributed by atoms with Crippen LogP contribution in [0.1, 0.15) is 70.5 Å². The molecule has 5 aliphatic rings. The number of halogens is 4. The van der Waals surface area contributed by atoms with Crippen molar-refractivity contribution >= 4 is 63.9 Å². The number of carbonyl (C=O) groups is 4. The van der Waals surface area contributed by atoms with Crippen molar-refractivity contribution in [2.45, 2.75) is 63.5 Å². The van der Waals surface area contributed by atoms with Gasteiger partial charge in [-0.1, -0.05) is 11.6 Å². The summed E-state index contributed by atoms with van der Waals surface area (Å²) in [6, 6.07) is 8.00. The predicted molar refractivity (Wildman–Crippen MR) is 222 cm³/mol. The number of aromatic nitrogens is 3. The first-order chi connectivity index (χ1) is 29.2. The zero-order valence-electron chi connectivity index (χ0n) is 33.7. The van der Waals surface area contributed by atoms with Crippen molar-refractivity contribution in [1.82, 2.24) is 34.6 Å². The van der Waals surface area contributed by atoms with Crippen molar-refractivity contribution in [3.05, 3.63) is 75.8 Å². The van der Waals surface area contributed by atoms with E-state index in [0.29, 0.717) is 90.4 Å². The smallest absolute Gasteiger partial charge is 0.328 e. The van der Waals surface area contributed by atoms with E-state index in [9.17, 15) is 19.2 Å². The Morgan fingerprint density at radius 1 is 0.951 bits per heavy atom. The molecule has 4 saturated heterocycles. The highest BCUT2D eigenvalue weighted by Gasteiger charge is 2.50. The van der Waals surface area contributed by atoms with Crippen molar-refractivity contribution in [3.63, 3.8) is 0 Å². The average molecular weight is 862 g/mol.